The minimum absolute atomic E-state index is 0.611. The molecule has 0 aromatic rings. The standard InChI is InChI=1S/C10H23N3/c1-10-9-12-8-7-11-5-3-2-4-6-13-10/h10-13H,2-9H2,1H3. The molecule has 0 aliphatic carbocycles. The van der Waals surface area contributed by atoms with Gasteiger partial charge in [0.25, 0.3) is 0 Å². The molecule has 1 atom stereocenters. The van der Waals surface area contributed by atoms with Crippen molar-refractivity contribution in [2.45, 2.75) is 32.2 Å². The summed E-state index contributed by atoms with van der Waals surface area (Å²) >= 11 is 0. The summed E-state index contributed by atoms with van der Waals surface area (Å²) in [4.78, 5) is 0. The van der Waals surface area contributed by atoms with Gasteiger partial charge >= 0.3 is 0 Å². The quantitative estimate of drug-likeness (QED) is 0.509. The van der Waals surface area contributed by atoms with Crippen molar-refractivity contribution in [1.29, 1.82) is 0 Å². The molecule has 1 rings (SSSR count). The Kier molecular flexibility index (Phi) is 6.15. The lowest BCUT2D eigenvalue weighted by Gasteiger charge is -2.16. The summed E-state index contributed by atoms with van der Waals surface area (Å²) in [6.07, 6.45) is 3.97. The molecular weight excluding hydrogens is 162 g/mol. The molecule has 13 heavy (non-hydrogen) atoms. The lowest BCUT2D eigenvalue weighted by atomic mass is 10.2. The van der Waals surface area contributed by atoms with E-state index in [9.17, 15) is 0 Å². The minimum atomic E-state index is 0.611. The van der Waals surface area contributed by atoms with Gasteiger partial charge in [0.15, 0.2) is 0 Å². The van der Waals surface area contributed by atoms with Crippen molar-refractivity contribution in [3.63, 3.8) is 0 Å². The molecule has 78 valence electrons. The molecule has 1 fully saturated rings. The van der Waals surface area contributed by atoms with Gasteiger partial charge in [-0.1, -0.05) is 6.42 Å². The topological polar surface area (TPSA) is 36.1 Å². The first-order valence-corrected chi connectivity index (χ1v) is 5.54. The Bertz CT molecular complexity index is 105. The highest BCUT2D eigenvalue weighted by molar-refractivity contribution is 4.65. The summed E-state index contributed by atoms with van der Waals surface area (Å²) in [6, 6.07) is 0.611. The Balaban J connectivity index is 2.11. The fourth-order valence-corrected chi connectivity index (χ4v) is 1.59. The van der Waals surface area contributed by atoms with Crippen LogP contribution in [0.4, 0.5) is 0 Å². The van der Waals surface area contributed by atoms with Crippen LogP contribution in [0.2, 0.25) is 0 Å². The van der Waals surface area contributed by atoms with E-state index in [0.717, 1.165) is 19.6 Å². The second-order valence-corrected chi connectivity index (χ2v) is 3.87. The zero-order valence-electron chi connectivity index (χ0n) is 8.73. The second-order valence-electron chi connectivity index (χ2n) is 3.87. The molecule has 0 aromatic carbocycles. The molecule has 0 amide bonds. The predicted molar refractivity (Wildman–Crippen MR) is 57.1 cm³/mol. The maximum absolute atomic E-state index is 3.52. The van der Waals surface area contributed by atoms with Crippen LogP contribution in [-0.2, 0) is 0 Å². The Hall–Kier alpha value is -0.120. The van der Waals surface area contributed by atoms with E-state index in [-0.39, 0.29) is 0 Å². The maximum atomic E-state index is 3.52. The Labute approximate surface area is 81.7 Å². The molecule has 0 saturated carbocycles. The van der Waals surface area contributed by atoms with Gasteiger partial charge in [0.1, 0.15) is 0 Å². The normalized spacial score (nSPS) is 28.8. The van der Waals surface area contributed by atoms with Crippen LogP contribution in [0, 0.1) is 0 Å². The predicted octanol–water partition coefficient (Wildman–Crippen LogP) is 0.328. The average molecular weight is 185 g/mol. The van der Waals surface area contributed by atoms with Crippen LogP contribution < -0.4 is 16.0 Å². The van der Waals surface area contributed by atoms with Gasteiger partial charge in [0.2, 0.25) is 0 Å². The molecule has 1 aliphatic heterocycles. The molecule has 0 aromatic heterocycles. The number of rotatable bonds is 0. The minimum Gasteiger partial charge on any atom is -0.315 e. The van der Waals surface area contributed by atoms with Gasteiger partial charge in [-0.3, -0.25) is 0 Å². The summed E-state index contributed by atoms with van der Waals surface area (Å²) in [7, 11) is 0. The largest absolute Gasteiger partial charge is 0.315 e. The molecule has 0 bridgehead atoms. The molecule has 3 N–H and O–H groups in total. The van der Waals surface area contributed by atoms with E-state index in [2.05, 4.69) is 22.9 Å². The fraction of sp³-hybridized carbons (Fsp3) is 1.00. The Morgan fingerprint density at radius 3 is 2.54 bits per heavy atom. The molecule has 3 nitrogen and oxygen atoms in total. The molecule has 0 radical (unpaired) electrons. The van der Waals surface area contributed by atoms with Gasteiger partial charge in [-0.2, -0.15) is 0 Å². The summed E-state index contributed by atoms with van der Waals surface area (Å²) < 4.78 is 0. The van der Waals surface area contributed by atoms with Crippen molar-refractivity contribution < 1.29 is 0 Å². The fourth-order valence-electron chi connectivity index (χ4n) is 1.59. The van der Waals surface area contributed by atoms with E-state index in [1.165, 1.54) is 32.4 Å². The van der Waals surface area contributed by atoms with Crippen LogP contribution in [0.25, 0.3) is 0 Å². The number of hydrogen-bond donors (Lipinski definition) is 3. The van der Waals surface area contributed by atoms with Crippen molar-refractivity contribution >= 4 is 0 Å². The van der Waals surface area contributed by atoms with Crippen molar-refractivity contribution in [2.24, 2.45) is 0 Å². The zero-order valence-corrected chi connectivity index (χ0v) is 8.73. The molecule has 1 heterocycles. The van der Waals surface area contributed by atoms with Crippen molar-refractivity contribution in [1.82, 2.24) is 16.0 Å². The Morgan fingerprint density at radius 1 is 0.846 bits per heavy atom. The van der Waals surface area contributed by atoms with Crippen molar-refractivity contribution in [2.75, 3.05) is 32.7 Å². The monoisotopic (exact) mass is 185 g/mol. The second kappa shape index (κ2) is 7.30. The van der Waals surface area contributed by atoms with Crippen LogP contribution >= 0.6 is 0 Å². The molecule has 1 aliphatic rings. The van der Waals surface area contributed by atoms with Crippen LogP contribution in [0.5, 0.6) is 0 Å². The van der Waals surface area contributed by atoms with Gasteiger partial charge in [-0.25, -0.2) is 0 Å². The van der Waals surface area contributed by atoms with Crippen LogP contribution in [-0.4, -0.2) is 38.8 Å². The highest BCUT2D eigenvalue weighted by Crippen LogP contribution is 1.93. The van der Waals surface area contributed by atoms with Crippen LogP contribution in [0.15, 0.2) is 0 Å². The molecule has 1 saturated heterocycles. The first kappa shape index (κ1) is 11.0. The maximum Gasteiger partial charge on any atom is 0.0164 e. The van der Waals surface area contributed by atoms with Gasteiger partial charge < -0.3 is 16.0 Å². The van der Waals surface area contributed by atoms with E-state index < -0.39 is 0 Å². The smallest absolute Gasteiger partial charge is 0.0164 e. The van der Waals surface area contributed by atoms with E-state index >= 15 is 0 Å². The summed E-state index contributed by atoms with van der Waals surface area (Å²) in [5.41, 5.74) is 0. The zero-order chi connectivity index (χ0) is 9.36. The third-order valence-corrected chi connectivity index (χ3v) is 2.45. The molecule has 1 unspecified atom stereocenters. The first-order chi connectivity index (χ1) is 6.39. The summed E-state index contributed by atoms with van der Waals surface area (Å²) in [6.45, 7) is 7.87. The lowest BCUT2D eigenvalue weighted by Crippen LogP contribution is -2.39. The highest BCUT2D eigenvalue weighted by atomic mass is 15.0. The summed E-state index contributed by atoms with van der Waals surface area (Å²) in [5, 5.41) is 10.4. The number of hydrogen-bond acceptors (Lipinski definition) is 3. The Morgan fingerprint density at radius 2 is 1.62 bits per heavy atom. The molecule has 3 heteroatoms. The molecular formula is C10H23N3. The van der Waals surface area contributed by atoms with Gasteiger partial charge in [0, 0.05) is 25.7 Å². The average Bonchev–Trinajstić information content (AvgIpc) is 2.11. The van der Waals surface area contributed by atoms with Gasteiger partial charge in [0.05, 0.1) is 0 Å². The third-order valence-electron chi connectivity index (χ3n) is 2.45. The van der Waals surface area contributed by atoms with Crippen molar-refractivity contribution in [3.05, 3.63) is 0 Å². The van der Waals surface area contributed by atoms with Crippen molar-refractivity contribution in [3.8, 4) is 0 Å². The third kappa shape index (κ3) is 6.02. The highest BCUT2D eigenvalue weighted by Gasteiger charge is 2.00. The van der Waals surface area contributed by atoms with Crippen LogP contribution in [0.1, 0.15) is 26.2 Å². The summed E-state index contributed by atoms with van der Waals surface area (Å²) in [5.74, 6) is 0. The van der Waals surface area contributed by atoms with E-state index in [0.29, 0.717) is 6.04 Å². The van der Waals surface area contributed by atoms with E-state index in [4.69, 9.17) is 0 Å². The first-order valence-electron chi connectivity index (χ1n) is 5.54. The van der Waals surface area contributed by atoms with E-state index in [1.54, 1.807) is 0 Å². The molecule has 0 spiro atoms. The van der Waals surface area contributed by atoms with Gasteiger partial charge in [-0.05, 0) is 32.9 Å². The lowest BCUT2D eigenvalue weighted by molar-refractivity contribution is 0.467. The van der Waals surface area contributed by atoms with Gasteiger partial charge in [-0.15, -0.1) is 0 Å². The SMILES string of the molecule is CC1CNCCNCCCCCN1. The van der Waals surface area contributed by atoms with E-state index in [1.807, 2.05) is 0 Å². The van der Waals surface area contributed by atoms with Crippen LogP contribution in [0.3, 0.4) is 0 Å². The number of nitrogens with one attached hydrogen (secondary N) is 3.